The summed E-state index contributed by atoms with van der Waals surface area (Å²) >= 11 is 0. The van der Waals surface area contributed by atoms with Crippen LogP contribution in [-0.2, 0) is 22.8 Å². The number of carbonyl (C=O) groups is 1. The number of benzene rings is 1. The highest BCUT2D eigenvalue weighted by atomic mass is 19.4. The van der Waals surface area contributed by atoms with Crippen molar-refractivity contribution in [1.29, 1.82) is 0 Å². The summed E-state index contributed by atoms with van der Waals surface area (Å²) in [5, 5.41) is 3.33. The molecule has 1 N–H and O–H groups in total. The Hall–Kier alpha value is -2.52. The number of piperazine rings is 1. The van der Waals surface area contributed by atoms with Crippen molar-refractivity contribution in [3.8, 4) is 0 Å². The molecule has 1 fully saturated rings. The molecule has 0 bridgehead atoms. The third-order valence-corrected chi connectivity index (χ3v) is 7.27. The number of fused-ring (bicyclic) bond motifs is 1. The largest absolute Gasteiger partial charge is 0.416 e. The summed E-state index contributed by atoms with van der Waals surface area (Å²) < 4.78 is 39.3. The minimum absolute atomic E-state index is 0.141. The molecule has 9 heteroatoms. The predicted octanol–water partition coefficient (Wildman–Crippen LogP) is 3.80. The van der Waals surface area contributed by atoms with E-state index in [9.17, 15) is 18.0 Å². The lowest BCUT2D eigenvalue weighted by atomic mass is 9.80. The molecule has 190 valence electrons. The highest BCUT2D eigenvalue weighted by Gasteiger charge is 2.37. The number of carbonyl (C=O) groups excluding carboxylic acids is 1. The molecule has 4 rings (SSSR count). The van der Waals surface area contributed by atoms with E-state index in [4.69, 9.17) is 0 Å². The molecule has 6 nitrogen and oxygen atoms in total. The second-order valence-corrected chi connectivity index (χ2v) is 10.1. The topological polar surface area (TPSA) is 61.4 Å². The van der Waals surface area contributed by atoms with E-state index < -0.39 is 17.2 Å². The molecule has 1 aliphatic carbocycles. The van der Waals surface area contributed by atoms with Crippen molar-refractivity contribution >= 4 is 12.1 Å². The number of aldehydes is 1. The molecule has 1 aromatic heterocycles. The molecule has 35 heavy (non-hydrogen) atoms. The van der Waals surface area contributed by atoms with Crippen LogP contribution < -0.4 is 10.2 Å². The molecule has 2 aromatic rings. The van der Waals surface area contributed by atoms with Crippen LogP contribution in [0.4, 0.5) is 19.0 Å². The number of hydrogen-bond donors (Lipinski definition) is 1. The fourth-order valence-electron chi connectivity index (χ4n) is 5.17. The summed E-state index contributed by atoms with van der Waals surface area (Å²) in [6.45, 7) is 10.0. The van der Waals surface area contributed by atoms with Gasteiger partial charge < -0.3 is 15.0 Å². The van der Waals surface area contributed by atoms with Crippen molar-refractivity contribution in [2.24, 2.45) is 0 Å². The molecule has 2 atom stereocenters. The maximum Gasteiger partial charge on any atom is 0.416 e. The van der Waals surface area contributed by atoms with Crippen LogP contribution in [0.25, 0.3) is 0 Å². The van der Waals surface area contributed by atoms with Gasteiger partial charge >= 0.3 is 6.18 Å². The van der Waals surface area contributed by atoms with Crippen LogP contribution in [0.1, 0.15) is 55.5 Å². The number of aromatic nitrogens is 2. The standard InChI is InChI=1S/C26H34F3N5O/c1-18(2)30-14-25(16-35,20-5-7-21(8-6-20)26(27,28)29)15-33-10-12-34(13-11-33)24-23-19(3)4-9-22(23)31-17-32-24/h5-8,16-19,30H,4,9-15H2,1-3H3/t19-,25?/m1/s1. The Bertz CT molecular complexity index is 1020. The fourth-order valence-corrected chi connectivity index (χ4v) is 5.17. The fraction of sp³-hybridized carbons (Fsp3) is 0.577. The van der Waals surface area contributed by atoms with Gasteiger partial charge in [0.2, 0.25) is 0 Å². The summed E-state index contributed by atoms with van der Waals surface area (Å²) in [5.41, 5.74) is 1.35. The first-order valence-corrected chi connectivity index (χ1v) is 12.3. The van der Waals surface area contributed by atoms with Gasteiger partial charge in [-0.25, -0.2) is 9.97 Å². The number of anilines is 1. The lowest BCUT2D eigenvalue weighted by Crippen LogP contribution is -2.55. The van der Waals surface area contributed by atoms with Gasteiger partial charge in [0.05, 0.1) is 11.0 Å². The molecule has 0 spiro atoms. The second kappa shape index (κ2) is 10.2. The zero-order chi connectivity index (χ0) is 25.2. The Morgan fingerprint density at radius 1 is 1.09 bits per heavy atom. The van der Waals surface area contributed by atoms with Crippen LogP contribution in [0.5, 0.6) is 0 Å². The van der Waals surface area contributed by atoms with Crippen LogP contribution >= 0.6 is 0 Å². The van der Waals surface area contributed by atoms with Crippen molar-refractivity contribution in [3.05, 3.63) is 53.0 Å². The maximum absolute atomic E-state index is 13.1. The molecule has 1 saturated heterocycles. The van der Waals surface area contributed by atoms with Crippen LogP contribution in [0, 0.1) is 0 Å². The van der Waals surface area contributed by atoms with Crippen LogP contribution in [0.3, 0.4) is 0 Å². The van der Waals surface area contributed by atoms with Gasteiger partial charge in [-0.3, -0.25) is 4.90 Å². The summed E-state index contributed by atoms with van der Waals surface area (Å²) in [6.07, 6.45) is 0.227. The highest BCUT2D eigenvalue weighted by Crippen LogP contribution is 2.37. The van der Waals surface area contributed by atoms with Crippen LogP contribution in [-0.4, -0.2) is 66.5 Å². The SMILES string of the molecule is CC(C)NCC(C=O)(CN1CCN(c2ncnc3c2[C@H](C)CC3)CC1)c1ccc(C(F)(F)F)cc1. The van der Waals surface area contributed by atoms with Crippen molar-refractivity contribution in [2.45, 2.75) is 57.2 Å². The molecular formula is C26H34F3N5O. The molecule has 0 saturated carbocycles. The van der Waals surface area contributed by atoms with E-state index in [2.05, 4.69) is 32.0 Å². The monoisotopic (exact) mass is 489 g/mol. The zero-order valence-corrected chi connectivity index (χ0v) is 20.6. The third kappa shape index (κ3) is 5.51. The van der Waals surface area contributed by atoms with Crippen molar-refractivity contribution in [2.75, 3.05) is 44.2 Å². The van der Waals surface area contributed by atoms with Crippen molar-refractivity contribution in [1.82, 2.24) is 20.2 Å². The third-order valence-electron chi connectivity index (χ3n) is 7.27. The highest BCUT2D eigenvalue weighted by molar-refractivity contribution is 5.70. The Kier molecular flexibility index (Phi) is 7.47. The van der Waals surface area contributed by atoms with Gasteiger partial charge in [0, 0.05) is 56.6 Å². The van der Waals surface area contributed by atoms with Gasteiger partial charge in [-0.2, -0.15) is 13.2 Å². The number of alkyl halides is 3. The molecule has 1 unspecified atom stereocenters. The van der Waals surface area contributed by atoms with Gasteiger partial charge in [-0.15, -0.1) is 0 Å². The quantitative estimate of drug-likeness (QED) is 0.570. The molecule has 0 amide bonds. The molecule has 2 aliphatic rings. The first kappa shape index (κ1) is 25.6. The number of rotatable bonds is 8. The van der Waals surface area contributed by atoms with Crippen molar-refractivity contribution < 1.29 is 18.0 Å². The average Bonchev–Trinajstić information content (AvgIpc) is 3.23. The predicted molar refractivity (Wildman–Crippen MR) is 130 cm³/mol. The number of hydrogen-bond acceptors (Lipinski definition) is 6. The van der Waals surface area contributed by atoms with Gasteiger partial charge in [0.25, 0.3) is 0 Å². The minimum atomic E-state index is -4.41. The van der Waals surface area contributed by atoms with E-state index in [1.54, 1.807) is 6.33 Å². The lowest BCUT2D eigenvalue weighted by molar-refractivity contribution is -0.137. The lowest BCUT2D eigenvalue weighted by Gasteiger charge is -2.41. The summed E-state index contributed by atoms with van der Waals surface area (Å²) in [4.78, 5) is 26.1. The van der Waals surface area contributed by atoms with Crippen molar-refractivity contribution in [3.63, 3.8) is 0 Å². The van der Waals surface area contributed by atoms with E-state index in [1.807, 2.05) is 13.8 Å². The molecule has 1 aliphatic heterocycles. The summed E-state index contributed by atoms with van der Waals surface area (Å²) in [6, 6.07) is 5.17. The number of aryl methyl sites for hydroxylation is 1. The Morgan fingerprint density at radius 2 is 1.74 bits per heavy atom. The number of halogens is 3. The van der Waals surface area contributed by atoms with E-state index in [0.717, 1.165) is 69.0 Å². The van der Waals surface area contributed by atoms with Crippen LogP contribution in [0.15, 0.2) is 30.6 Å². The molecular weight excluding hydrogens is 455 g/mol. The molecule has 0 radical (unpaired) electrons. The van der Waals surface area contributed by atoms with E-state index >= 15 is 0 Å². The van der Waals surface area contributed by atoms with Gasteiger partial charge in [0.1, 0.15) is 18.4 Å². The Balaban J connectivity index is 1.51. The van der Waals surface area contributed by atoms with E-state index in [1.165, 1.54) is 17.7 Å². The summed E-state index contributed by atoms with van der Waals surface area (Å²) in [7, 11) is 0. The first-order valence-electron chi connectivity index (χ1n) is 12.3. The Morgan fingerprint density at radius 3 is 2.34 bits per heavy atom. The first-order chi connectivity index (χ1) is 16.6. The second-order valence-electron chi connectivity index (χ2n) is 10.1. The van der Waals surface area contributed by atoms with E-state index in [0.29, 0.717) is 24.6 Å². The van der Waals surface area contributed by atoms with E-state index in [-0.39, 0.29) is 6.04 Å². The van der Waals surface area contributed by atoms with Gasteiger partial charge in [-0.05, 0) is 36.5 Å². The van der Waals surface area contributed by atoms with Crippen LogP contribution in [0.2, 0.25) is 0 Å². The zero-order valence-electron chi connectivity index (χ0n) is 20.6. The molecule has 1 aromatic carbocycles. The average molecular weight is 490 g/mol. The number of nitrogens with zero attached hydrogens (tertiary/aromatic N) is 4. The maximum atomic E-state index is 13.1. The smallest absolute Gasteiger partial charge is 0.354 e. The summed E-state index contributed by atoms with van der Waals surface area (Å²) in [5.74, 6) is 1.47. The van der Waals surface area contributed by atoms with Gasteiger partial charge in [0.15, 0.2) is 0 Å². The number of nitrogens with one attached hydrogen (secondary N) is 1. The molecule has 2 heterocycles. The Labute approximate surface area is 204 Å². The minimum Gasteiger partial charge on any atom is -0.354 e. The van der Waals surface area contributed by atoms with Gasteiger partial charge in [-0.1, -0.05) is 32.9 Å². The normalized spacial score (nSPS) is 20.7.